The van der Waals surface area contributed by atoms with Gasteiger partial charge in [0, 0.05) is 24.9 Å². The minimum absolute atomic E-state index is 0.121. The standard InChI is InChI=1S/C42H54F2N8O7/c1-23(2)34(49-41(55)57-5)38(53)51-17-7-8-32(51)36-45-19-30(47-36)28-13-9-26(10-14-28)27-11-15-29(16-12-27)31-20-46-37(48-31)33-18-25(22-59-40(43)44)21-52(33)39(54)35(24(3)4)50-42(56)58-6/h9,11-16,19-20,23-26,32-35,40H,7-8,10,17-18,21-22H2,1-6H3,(H,45,47)(H,46,48)(H,49,55)(H,50,56)/t25-,26?,32-,33-,34-,35-/m0/s1. The molecule has 2 saturated heterocycles. The van der Waals surface area contributed by atoms with E-state index in [0.717, 1.165) is 47.4 Å². The number of rotatable bonds is 14. The molecule has 4 N–H and O–H groups in total. The lowest BCUT2D eigenvalue weighted by Gasteiger charge is -2.30. The number of hydrogen-bond donors (Lipinski definition) is 4. The van der Waals surface area contributed by atoms with Crippen LogP contribution in [0.1, 0.15) is 94.3 Å². The Morgan fingerprint density at radius 2 is 1.44 bits per heavy atom. The number of halogens is 2. The van der Waals surface area contributed by atoms with Crippen LogP contribution in [0.25, 0.3) is 16.8 Å². The van der Waals surface area contributed by atoms with E-state index in [2.05, 4.69) is 65.7 Å². The predicted octanol–water partition coefficient (Wildman–Crippen LogP) is 6.48. The van der Waals surface area contributed by atoms with E-state index in [1.807, 2.05) is 26.0 Å². The summed E-state index contributed by atoms with van der Waals surface area (Å²) in [6.07, 6.45) is 11.2. The SMILES string of the molecule is COC(=O)N[C@H](C(=O)N1CCC[C@H]1c1ncc(C2=CCC(c3ccc(-c4cnc([C@@H]5C[C@H](COC(F)F)CN5C(=O)[C@@H](NC(=O)OC)C(C)C)[nH]4)cc3)C=C2)[nH]1)C(C)C. The largest absolute Gasteiger partial charge is 0.453 e. The second kappa shape index (κ2) is 19.0. The first-order valence-electron chi connectivity index (χ1n) is 20.1. The molecule has 1 aliphatic carbocycles. The minimum Gasteiger partial charge on any atom is -0.453 e. The van der Waals surface area contributed by atoms with E-state index in [1.165, 1.54) is 14.2 Å². The highest BCUT2D eigenvalue weighted by Gasteiger charge is 2.42. The molecule has 0 radical (unpaired) electrons. The molecule has 1 aromatic carbocycles. The summed E-state index contributed by atoms with van der Waals surface area (Å²) in [5.41, 5.74) is 4.61. The van der Waals surface area contributed by atoms with Gasteiger partial charge in [0.2, 0.25) is 11.8 Å². The number of alkyl carbamates (subject to hydrolysis) is 2. The minimum atomic E-state index is -2.93. The van der Waals surface area contributed by atoms with Gasteiger partial charge in [0.25, 0.3) is 0 Å². The average Bonchev–Trinajstić information content (AvgIpc) is 4.07. The molecule has 3 aliphatic rings. The quantitative estimate of drug-likeness (QED) is 0.141. The zero-order valence-electron chi connectivity index (χ0n) is 34.2. The van der Waals surface area contributed by atoms with Gasteiger partial charge < -0.3 is 44.6 Å². The second-order valence-electron chi connectivity index (χ2n) is 16.0. The number of likely N-dealkylation sites (tertiary alicyclic amines) is 2. The fourth-order valence-electron chi connectivity index (χ4n) is 8.11. The number of nitrogens with one attached hydrogen (secondary N) is 4. The molecule has 2 fully saturated rings. The highest BCUT2D eigenvalue weighted by atomic mass is 19.3. The van der Waals surface area contributed by atoms with Crippen LogP contribution in [0.15, 0.2) is 54.9 Å². The maximum Gasteiger partial charge on any atom is 0.407 e. The van der Waals surface area contributed by atoms with Gasteiger partial charge in [0.15, 0.2) is 0 Å². The first-order chi connectivity index (χ1) is 28.3. The number of ether oxygens (including phenoxy) is 3. The summed E-state index contributed by atoms with van der Waals surface area (Å²) < 4.78 is 40.0. The van der Waals surface area contributed by atoms with Crippen molar-refractivity contribution in [3.63, 3.8) is 0 Å². The van der Waals surface area contributed by atoms with Crippen LogP contribution >= 0.6 is 0 Å². The number of aromatic amines is 2. The molecular formula is C42H54F2N8O7. The number of nitrogens with zero attached hydrogens (tertiary/aromatic N) is 4. The molecule has 0 spiro atoms. The highest BCUT2D eigenvalue weighted by molar-refractivity contribution is 5.87. The summed E-state index contributed by atoms with van der Waals surface area (Å²) >= 11 is 0. The Hall–Kier alpha value is -5.58. The summed E-state index contributed by atoms with van der Waals surface area (Å²) in [5.74, 6) is 0.0992. The normalized spacial score (nSPS) is 21.5. The molecule has 3 aromatic rings. The summed E-state index contributed by atoms with van der Waals surface area (Å²) in [4.78, 5) is 70.9. The zero-order valence-corrected chi connectivity index (χ0v) is 34.2. The van der Waals surface area contributed by atoms with Crippen LogP contribution in [0.5, 0.6) is 0 Å². The van der Waals surface area contributed by atoms with Gasteiger partial charge in [-0.05, 0) is 54.2 Å². The lowest BCUT2D eigenvalue weighted by atomic mass is 9.89. The van der Waals surface area contributed by atoms with Crippen LogP contribution in [0.4, 0.5) is 18.4 Å². The molecule has 0 saturated carbocycles. The van der Waals surface area contributed by atoms with E-state index in [9.17, 15) is 28.0 Å². The van der Waals surface area contributed by atoms with Gasteiger partial charge in [0.1, 0.15) is 23.7 Å². The van der Waals surface area contributed by atoms with Crippen LogP contribution in [-0.2, 0) is 23.8 Å². The third-order valence-electron chi connectivity index (χ3n) is 11.3. The number of alkyl halides is 2. The van der Waals surface area contributed by atoms with Gasteiger partial charge in [0.05, 0.1) is 56.7 Å². The monoisotopic (exact) mass is 820 g/mol. The van der Waals surface area contributed by atoms with Crippen LogP contribution in [0.3, 0.4) is 0 Å². The maximum absolute atomic E-state index is 13.8. The number of amides is 4. The fourth-order valence-corrected chi connectivity index (χ4v) is 8.11. The Morgan fingerprint density at radius 3 is 2.02 bits per heavy atom. The van der Waals surface area contributed by atoms with E-state index < -0.39 is 36.9 Å². The third-order valence-corrected chi connectivity index (χ3v) is 11.3. The Labute approximate surface area is 342 Å². The van der Waals surface area contributed by atoms with E-state index in [1.54, 1.807) is 36.0 Å². The highest BCUT2D eigenvalue weighted by Crippen LogP contribution is 2.38. The Morgan fingerprint density at radius 1 is 0.847 bits per heavy atom. The number of aromatic nitrogens is 4. The Balaban J connectivity index is 1.10. The van der Waals surface area contributed by atoms with E-state index in [-0.39, 0.29) is 54.7 Å². The van der Waals surface area contributed by atoms with Gasteiger partial charge >= 0.3 is 18.8 Å². The molecule has 2 aliphatic heterocycles. The smallest absolute Gasteiger partial charge is 0.407 e. The number of benzene rings is 1. The molecule has 318 valence electrons. The zero-order chi connectivity index (χ0) is 42.4. The lowest BCUT2D eigenvalue weighted by molar-refractivity contribution is -0.139. The molecule has 1 unspecified atom stereocenters. The van der Waals surface area contributed by atoms with Crippen LogP contribution in [0.2, 0.25) is 0 Å². The number of carbonyl (C=O) groups excluding carboxylic acids is 4. The van der Waals surface area contributed by atoms with Gasteiger partial charge in [-0.3, -0.25) is 9.59 Å². The van der Waals surface area contributed by atoms with Crippen molar-refractivity contribution in [2.45, 2.75) is 90.1 Å². The number of carbonyl (C=O) groups is 4. The van der Waals surface area contributed by atoms with Crippen LogP contribution in [-0.4, -0.2) is 106 Å². The number of imidazole rings is 2. The molecule has 6 atom stereocenters. The molecule has 59 heavy (non-hydrogen) atoms. The summed E-state index contributed by atoms with van der Waals surface area (Å²) in [7, 11) is 2.50. The first-order valence-corrected chi connectivity index (χ1v) is 20.1. The molecule has 4 heterocycles. The number of allylic oxidation sites excluding steroid dienone is 4. The Kier molecular flexibility index (Phi) is 13.8. The molecule has 6 rings (SSSR count). The van der Waals surface area contributed by atoms with Crippen molar-refractivity contribution in [2.75, 3.05) is 33.9 Å². The van der Waals surface area contributed by atoms with Crippen molar-refractivity contribution in [3.8, 4) is 11.3 Å². The molecular weight excluding hydrogens is 767 g/mol. The van der Waals surface area contributed by atoms with Crippen molar-refractivity contribution in [2.24, 2.45) is 17.8 Å². The van der Waals surface area contributed by atoms with E-state index >= 15 is 0 Å². The van der Waals surface area contributed by atoms with E-state index in [0.29, 0.717) is 24.6 Å². The number of hydrogen-bond acceptors (Lipinski definition) is 9. The van der Waals surface area contributed by atoms with Crippen LogP contribution < -0.4 is 10.6 Å². The summed E-state index contributed by atoms with van der Waals surface area (Å²) in [6, 6.07) is 5.78. The topological polar surface area (TPSA) is 184 Å². The molecule has 15 nitrogen and oxygen atoms in total. The van der Waals surface area contributed by atoms with Crippen molar-refractivity contribution in [1.82, 2.24) is 40.4 Å². The molecule has 4 amide bonds. The summed E-state index contributed by atoms with van der Waals surface area (Å²) in [6.45, 7) is 4.97. The van der Waals surface area contributed by atoms with Gasteiger partial charge in [-0.2, -0.15) is 8.78 Å². The second-order valence-corrected chi connectivity index (χ2v) is 16.0. The van der Waals surface area contributed by atoms with Crippen molar-refractivity contribution in [3.05, 3.63) is 77.8 Å². The molecule has 17 heteroatoms. The van der Waals surface area contributed by atoms with Gasteiger partial charge in [-0.1, -0.05) is 70.2 Å². The number of H-pyrrole nitrogens is 2. The Bertz CT molecular complexity index is 2010. The predicted molar refractivity (Wildman–Crippen MR) is 214 cm³/mol. The summed E-state index contributed by atoms with van der Waals surface area (Å²) in [5, 5.41) is 5.29. The molecule has 0 bridgehead atoms. The third kappa shape index (κ3) is 10.0. The van der Waals surface area contributed by atoms with Crippen LogP contribution in [0, 0.1) is 17.8 Å². The first kappa shape index (κ1) is 43.0. The van der Waals surface area contributed by atoms with Crippen molar-refractivity contribution in [1.29, 1.82) is 0 Å². The van der Waals surface area contributed by atoms with Crippen molar-refractivity contribution < 1.29 is 42.2 Å². The van der Waals surface area contributed by atoms with E-state index in [4.69, 9.17) is 9.47 Å². The molecule has 2 aromatic heterocycles. The van der Waals surface area contributed by atoms with Gasteiger partial charge in [-0.25, -0.2) is 19.6 Å². The van der Waals surface area contributed by atoms with Crippen molar-refractivity contribution >= 4 is 29.6 Å². The average molecular weight is 821 g/mol. The maximum atomic E-state index is 13.8. The fraction of sp³-hybridized carbons (Fsp3) is 0.524. The number of methoxy groups -OCH3 is 2. The lowest BCUT2D eigenvalue weighted by Crippen LogP contribution is -2.51. The van der Waals surface area contributed by atoms with Gasteiger partial charge in [-0.15, -0.1) is 0 Å².